The molecular formula is C22H23Cl3N4OS. The smallest absolute Gasteiger partial charge is 0.251 e. The van der Waals surface area contributed by atoms with Crippen molar-refractivity contribution in [2.24, 2.45) is 5.92 Å². The lowest BCUT2D eigenvalue weighted by atomic mass is 10.0. The molecule has 9 heteroatoms. The molecular weight excluding hydrogens is 475 g/mol. The van der Waals surface area contributed by atoms with Gasteiger partial charge in [-0.25, -0.2) is 0 Å². The van der Waals surface area contributed by atoms with Gasteiger partial charge in [-0.15, -0.1) is 10.2 Å². The van der Waals surface area contributed by atoms with Crippen molar-refractivity contribution in [2.45, 2.75) is 44.3 Å². The summed E-state index contributed by atoms with van der Waals surface area (Å²) in [4.78, 5) is 12.9. The fourth-order valence-electron chi connectivity index (χ4n) is 3.08. The minimum absolute atomic E-state index is 0.0997. The number of carbonyl (C=O) groups is 1. The van der Waals surface area contributed by atoms with Gasteiger partial charge in [-0.1, -0.05) is 78.6 Å². The van der Waals surface area contributed by atoms with Gasteiger partial charge in [0.15, 0.2) is 11.0 Å². The standard InChI is InChI=1S/C22H23Cl3N4OS/c1-4-29-20(27-28-22(29)31-12-15-7-5-6-8-16(15)23)19(13(2)3)26-21(30)14-9-10-17(24)18(25)11-14/h5-11,13,19H,4,12H2,1-3H3,(H,26,30)/t19-/m0/s1. The molecule has 1 amide bonds. The molecule has 0 saturated heterocycles. The predicted molar refractivity (Wildman–Crippen MR) is 128 cm³/mol. The van der Waals surface area contributed by atoms with E-state index in [0.29, 0.717) is 33.7 Å². The number of rotatable bonds is 8. The van der Waals surface area contributed by atoms with Crippen LogP contribution >= 0.6 is 46.6 Å². The van der Waals surface area contributed by atoms with E-state index in [-0.39, 0.29) is 17.9 Å². The van der Waals surface area contributed by atoms with Crippen LogP contribution in [0.2, 0.25) is 15.1 Å². The Balaban J connectivity index is 1.81. The van der Waals surface area contributed by atoms with Crippen LogP contribution in [0.15, 0.2) is 47.6 Å². The molecule has 3 aromatic rings. The molecule has 1 atom stereocenters. The zero-order valence-corrected chi connectivity index (χ0v) is 20.5. The number of carbonyl (C=O) groups excluding carboxylic acids is 1. The van der Waals surface area contributed by atoms with Crippen LogP contribution in [-0.4, -0.2) is 20.7 Å². The first-order valence-electron chi connectivity index (χ1n) is 9.87. The van der Waals surface area contributed by atoms with Crippen LogP contribution in [0.25, 0.3) is 0 Å². The first-order chi connectivity index (χ1) is 14.8. The third-order valence-corrected chi connectivity index (χ3v) is 6.91. The number of nitrogens with one attached hydrogen (secondary N) is 1. The van der Waals surface area contributed by atoms with Gasteiger partial charge in [-0.05, 0) is 42.7 Å². The molecule has 1 N–H and O–H groups in total. The molecule has 5 nitrogen and oxygen atoms in total. The van der Waals surface area contributed by atoms with Gasteiger partial charge in [-0.3, -0.25) is 4.79 Å². The third-order valence-electron chi connectivity index (χ3n) is 4.79. The average Bonchev–Trinajstić information content (AvgIpc) is 3.15. The molecule has 0 fully saturated rings. The van der Waals surface area contributed by atoms with Gasteiger partial charge in [0.25, 0.3) is 5.91 Å². The number of benzene rings is 2. The van der Waals surface area contributed by atoms with Crippen LogP contribution in [-0.2, 0) is 12.3 Å². The molecule has 0 aliphatic rings. The highest BCUT2D eigenvalue weighted by Crippen LogP contribution is 2.29. The van der Waals surface area contributed by atoms with E-state index in [1.807, 2.05) is 49.6 Å². The van der Waals surface area contributed by atoms with E-state index in [1.165, 1.54) is 0 Å². The molecule has 3 rings (SSSR count). The van der Waals surface area contributed by atoms with E-state index in [0.717, 1.165) is 15.7 Å². The third kappa shape index (κ3) is 5.75. The largest absolute Gasteiger partial charge is 0.342 e. The van der Waals surface area contributed by atoms with Crippen molar-refractivity contribution in [1.29, 1.82) is 0 Å². The average molecular weight is 498 g/mol. The Morgan fingerprint density at radius 1 is 1.06 bits per heavy atom. The molecule has 0 unspecified atom stereocenters. The number of thioether (sulfide) groups is 1. The lowest BCUT2D eigenvalue weighted by molar-refractivity contribution is 0.0922. The van der Waals surface area contributed by atoms with Crippen LogP contribution in [0.4, 0.5) is 0 Å². The Labute approximate surface area is 201 Å². The zero-order chi connectivity index (χ0) is 22.5. The monoisotopic (exact) mass is 496 g/mol. The topological polar surface area (TPSA) is 59.8 Å². The molecule has 0 spiro atoms. The number of nitrogens with zero attached hydrogens (tertiary/aromatic N) is 3. The van der Waals surface area contributed by atoms with Gasteiger partial charge < -0.3 is 9.88 Å². The van der Waals surface area contributed by atoms with Crippen LogP contribution in [0.5, 0.6) is 0 Å². The van der Waals surface area contributed by atoms with E-state index in [1.54, 1.807) is 30.0 Å². The Morgan fingerprint density at radius 3 is 2.45 bits per heavy atom. The first-order valence-corrected chi connectivity index (χ1v) is 12.0. The second-order valence-electron chi connectivity index (χ2n) is 7.29. The van der Waals surface area contributed by atoms with Crippen LogP contribution in [0.3, 0.4) is 0 Å². The summed E-state index contributed by atoms with van der Waals surface area (Å²) >= 11 is 19.9. The van der Waals surface area contributed by atoms with Crippen LogP contribution in [0.1, 0.15) is 48.6 Å². The summed E-state index contributed by atoms with van der Waals surface area (Å²) in [6, 6.07) is 12.3. The number of hydrogen-bond donors (Lipinski definition) is 1. The summed E-state index contributed by atoms with van der Waals surface area (Å²) in [5.74, 6) is 1.25. The van der Waals surface area contributed by atoms with Crippen molar-refractivity contribution >= 4 is 52.5 Å². The SMILES string of the molecule is CCn1c(SCc2ccccc2Cl)nnc1[C@@H](NC(=O)c1ccc(Cl)c(Cl)c1)C(C)C. The number of aromatic nitrogens is 3. The molecule has 164 valence electrons. The maximum atomic E-state index is 12.9. The van der Waals surface area contributed by atoms with Crippen molar-refractivity contribution < 1.29 is 4.79 Å². The van der Waals surface area contributed by atoms with Crippen molar-refractivity contribution in [3.8, 4) is 0 Å². The minimum Gasteiger partial charge on any atom is -0.342 e. The molecule has 1 heterocycles. The quantitative estimate of drug-likeness (QED) is 0.353. The van der Waals surface area contributed by atoms with Gasteiger partial charge in [0, 0.05) is 22.9 Å². The lowest BCUT2D eigenvalue weighted by Crippen LogP contribution is -2.33. The van der Waals surface area contributed by atoms with E-state index in [9.17, 15) is 4.79 Å². The van der Waals surface area contributed by atoms with E-state index >= 15 is 0 Å². The molecule has 0 saturated carbocycles. The molecule has 0 bridgehead atoms. The normalized spacial score (nSPS) is 12.2. The van der Waals surface area contributed by atoms with Crippen molar-refractivity contribution in [3.05, 3.63) is 74.5 Å². The highest BCUT2D eigenvalue weighted by atomic mass is 35.5. The van der Waals surface area contributed by atoms with Crippen molar-refractivity contribution in [3.63, 3.8) is 0 Å². The molecule has 0 aliphatic heterocycles. The number of hydrogen-bond acceptors (Lipinski definition) is 4. The lowest BCUT2D eigenvalue weighted by Gasteiger charge is -2.22. The van der Waals surface area contributed by atoms with E-state index in [2.05, 4.69) is 15.5 Å². The molecule has 1 aromatic heterocycles. The van der Waals surface area contributed by atoms with Crippen molar-refractivity contribution in [2.75, 3.05) is 0 Å². The zero-order valence-electron chi connectivity index (χ0n) is 17.4. The predicted octanol–water partition coefficient (Wildman–Crippen LogP) is 6.68. The maximum Gasteiger partial charge on any atom is 0.251 e. The minimum atomic E-state index is -0.316. The fourth-order valence-corrected chi connectivity index (χ4v) is 4.68. The van der Waals surface area contributed by atoms with Crippen LogP contribution in [0, 0.1) is 5.92 Å². The Morgan fingerprint density at radius 2 is 1.81 bits per heavy atom. The second kappa shape index (κ2) is 10.7. The summed E-state index contributed by atoms with van der Waals surface area (Å²) < 4.78 is 2.03. The summed E-state index contributed by atoms with van der Waals surface area (Å²) in [5, 5.41) is 14.1. The van der Waals surface area contributed by atoms with Gasteiger partial charge in [0.05, 0.1) is 16.1 Å². The van der Waals surface area contributed by atoms with E-state index < -0.39 is 0 Å². The highest BCUT2D eigenvalue weighted by molar-refractivity contribution is 7.98. The van der Waals surface area contributed by atoms with Gasteiger partial charge in [0.1, 0.15) is 0 Å². The Hall–Kier alpha value is -1.73. The van der Waals surface area contributed by atoms with Crippen LogP contribution < -0.4 is 5.32 Å². The number of halogens is 3. The molecule has 2 aromatic carbocycles. The van der Waals surface area contributed by atoms with Gasteiger partial charge in [-0.2, -0.15) is 0 Å². The molecule has 0 radical (unpaired) electrons. The van der Waals surface area contributed by atoms with Gasteiger partial charge in [0.2, 0.25) is 0 Å². The maximum absolute atomic E-state index is 12.9. The van der Waals surface area contributed by atoms with Crippen molar-refractivity contribution in [1.82, 2.24) is 20.1 Å². The number of amides is 1. The Kier molecular flexibility index (Phi) is 8.28. The summed E-state index contributed by atoms with van der Waals surface area (Å²) in [6.45, 7) is 6.78. The molecule has 0 aliphatic carbocycles. The van der Waals surface area contributed by atoms with E-state index in [4.69, 9.17) is 34.8 Å². The highest BCUT2D eigenvalue weighted by Gasteiger charge is 2.26. The molecule has 31 heavy (non-hydrogen) atoms. The summed E-state index contributed by atoms with van der Waals surface area (Å²) in [6.07, 6.45) is 0. The fraction of sp³-hybridized carbons (Fsp3) is 0.318. The second-order valence-corrected chi connectivity index (χ2v) is 9.45. The summed E-state index contributed by atoms with van der Waals surface area (Å²) in [5.41, 5.74) is 1.48. The Bertz CT molecular complexity index is 1070. The summed E-state index contributed by atoms with van der Waals surface area (Å²) in [7, 11) is 0. The van der Waals surface area contributed by atoms with Gasteiger partial charge >= 0.3 is 0 Å². The first kappa shape index (κ1) is 23.9.